The first-order chi connectivity index (χ1) is 9.99. The standard InChI is InChI=1S/C15H29N5O2/c1-14(2,3)20(13(21)22-15(4,5)6)9-8-16-10-12-17-11-19(7)18-12/h11,16H,8-10H2,1-7H3. The van der Waals surface area contributed by atoms with Gasteiger partial charge >= 0.3 is 6.09 Å². The zero-order valence-corrected chi connectivity index (χ0v) is 14.8. The monoisotopic (exact) mass is 311 g/mol. The maximum Gasteiger partial charge on any atom is 0.410 e. The summed E-state index contributed by atoms with van der Waals surface area (Å²) in [7, 11) is 1.83. The third kappa shape index (κ3) is 6.43. The molecule has 1 heterocycles. The Hall–Kier alpha value is -1.63. The van der Waals surface area contributed by atoms with E-state index in [0.29, 0.717) is 19.6 Å². The molecule has 1 N–H and O–H groups in total. The van der Waals surface area contributed by atoms with E-state index in [-0.39, 0.29) is 11.6 Å². The molecule has 0 saturated heterocycles. The average Bonchev–Trinajstić information content (AvgIpc) is 2.70. The molecular weight excluding hydrogens is 282 g/mol. The van der Waals surface area contributed by atoms with Crippen molar-refractivity contribution in [2.24, 2.45) is 7.05 Å². The second-order valence-electron chi connectivity index (χ2n) is 7.31. The summed E-state index contributed by atoms with van der Waals surface area (Å²) in [6.07, 6.45) is 1.37. The smallest absolute Gasteiger partial charge is 0.410 e. The quantitative estimate of drug-likeness (QED) is 0.841. The molecule has 1 amide bonds. The van der Waals surface area contributed by atoms with Gasteiger partial charge in [0.05, 0.1) is 6.54 Å². The maximum absolute atomic E-state index is 12.3. The highest BCUT2D eigenvalue weighted by Gasteiger charge is 2.30. The lowest BCUT2D eigenvalue weighted by atomic mass is 10.1. The van der Waals surface area contributed by atoms with Gasteiger partial charge in [-0.25, -0.2) is 9.78 Å². The molecule has 0 aliphatic heterocycles. The Bertz CT molecular complexity index is 485. The fourth-order valence-electron chi connectivity index (χ4n) is 1.87. The molecule has 0 radical (unpaired) electrons. The van der Waals surface area contributed by atoms with Crippen molar-refractivity contribution in [1.82, 2.24) is 25.0 Å². The SMILES string of the molecule is Cn1cnc(CNCCN(C(=O)OC(C)(C)C)C(C)(C)C)n1. The van der Waals surface area contributed by atoms with Gasteiger partial charge in [0.2, 0.25) is 0 Å². The molecule has 22 heavy (non-hydrogen) atoms. The maximum atomic E-state index is 12.3. The Morgan fingerprint density at radius 1 is 1.32 bits per heavy atom. The number of nitrogens with zero attached hydrogens (tertiary/aromatic N) is 4. The van der Waals surface area contributed by atoms with Crippen LogP contribution in [0.25, 0.3) is 0 Å². The molecule has 1 rings (SSSR count). The lowest BCUT2D eigenvalue weighted by Gasteiger charge is -2.36. The van der Waals surface area contributed by atoms with E-state index in [0.717, 1.165) is 5.82 Å². The van der Waals surface area contributed by atoms with Crippen molar-refractivity contribution in [3.05, 3.63) is 12.2 Å². The third-order valence-corrected chi connectivity index (χ3v) is 2.87. The highest BCUT2D eigenvalue weighted by Crippen LogP contribution is 2.17. The minimum absolute atomic E-state index is 0.294. The van der Waals surface area contributed by atoms with Crippen molar-refractivity contribution in [3.63, 3.8) is 0 Å². The first-order valence-corrected chi connectivity index (χ1v) is 7.55. The third-order valence-electron chi connectivity index (χ3n) is 2.87. The molecule has 0 bridgehead atoms. The Morgan fingerprint density at radius 2 is 1.95 bits per heavy atom. The van der Waals surface area contributed by atoms with Crippen LogP contribution >= 0.6 is 0 Å². The minimum Gasteiger partial charge on any atom is -0.444 e. The lowest BCUT2D eigenvalue weighted by Crippen LogP contribution is -2.50. The van der Waals surface area contributed by atoms with E-state index >= 15 is 0 Å². The van der Waals surface area contributed by atoms with Crippen LogP contribution in [0.15, 0.2) is 6.33 Å². The molecule has 1 aromatic heterocycles. The number of carbonyl (C=O) groups excluding carboxylic acids is 1. The van der Waals surface area contributed by atoms with Gasteiger partial charge in [-0.2, -0.15) is 5.10 Å². The van der Waals surface area contributed by atoms with Crippen molar-refractivity contribution < 1.29 is 9.53 Å². The van der Waals surface area contributed by atoms with Gasteiger partial charge in [0.25, 0.3) is 0 Å². The molecule has 126 valence electrons. The summed E-state index contributed by atoms with van der Waals surface area (Å²) in [4.78, 5) is 18.2. The fraction of sp³-hybridized carbons (Fsp3) is 0.800. The zero-order valence-electron chi connectivity index (χ0n) is 14.8. The number of nitrogens with one attached hydrogen (secondary N) is 1. The number of hydrogen-bond donors (Lipinski definition) is 1. The summed E-state index contributed by atoms with van der Waals surface area (Å²) < 4.78 is 7.14. The van der Waals surface area contributed by atoms with E-state index in [1.54, 1.807) is 15.9 Å². The van der Waals surface area contributed by atoms with Gasteiger partial charge < -0.3 is 15.0 Å². The van der Waals surface area contributed by atoms with Gasteiger partial charge in [0, 0.05) is 25.7 Å². The molecule has 0 aromatic carbocycles. The van der Waals surface area contributed by atoms with Crippen LogP contribution in [-0.2, 0) is 18.3 Å². The van der Waals surface area contributed by atoms with Crippen LogP contribution in [0.4, 0.5) is 4.79 Å². The van der Waals surface area contributed by atoms with Gasteiger partial charge in [-0.3, -0.25) is 4.68 Å². The summed E-state index contributed by atoms with van der Waals surface area (Å²) in [5.41, 5.74) is -0.793. The number of aromatic nitrogens is 3. The summed E-state index contributed by atoms with van der Waals surface area (Å²) in [6.45, 7) is 13.4. The molecule has 0 aliphatic carbocycles. The molecule has 7 heteroatoms. The predicted octanol–water partition coefficient (Wildman–Crippen LogP) is 1.94. The highest BCUT2D eigenvalue weighted by atomic mass is 16.6. The predicted molar refractivity (Wildman–Crippen MR) is 85.4 cm³/mol. The Balaban J connectivity index is 2.50. The first-order valence-electron chi connectivity index (χ1n) is 7.55. The molecule has 1 aromatic rings. The van der Waals surface area contributed by atoms with E-state index in [4.69, 9.17) is 4.74 Å². The molecule has 0 fully saturated rings. The normalized spacial score (nSPS) is 12.3. The van der Waals surface area contributed by atoms with Crippen molar-refractivity contribution in [1.29, 1.82) is 0 Å². The van der Waals surface area contributed by atoms with Crippen LogP contribution < -0.4 is 5.32 Å². The number of rotatable bonds is 5. The fourth-order valence-corrected chi connectivity index (χ4v) is 1.87. The van der Waals surface area contributed by atoms with Crippen molar-refractivity contribution >= 4 is 6.09 Å². The highest BCUT2D eigenvalue weighted by molar-refractivity contribution is 5.69. The topological polar surface area (TPSA) is 72.3 Å². The van der Waals surface area contributed by atoms with Crippen LogP contribution in [0.3, 0.4) is 0 Å². The van der Waals surface area contributed by atoms with Crippen molar-refractivity contribution in [2.75, 3.05) is 13.1 Å². The van der Waals surface area contributed by atoms with Crippen LogP contribution in [-0.4, -0.2) is 50.0 Å². The zero-order chi connectivity index (χ0) is 17.0. The lowest BCUT2D eigenvalue weighted by molar-refractivity contribution is 0.00663. The summed E-state index contributed by atoms with van der Waals surface area (Å²) in [6, 6.07) is 0. The van der Waals surface area contributed by atoms with E-state index in [9.17, 15) is 4.79 Å². The van der Waals surface area contributed by atoms with Crippen LogP contribution in [0, 0.1) is 0 Å². The number of hydrogen-bond acceptors (Lipinski definition) is 5. The second kappa shape index (κ2) is 7.09. The average molecular weight is 311 g/mol. The Kier molecular flexibility index (Phi) is 5.93. The largest absolute Gasteiger partial charge is 0.444 e. The summed E-state index contributed by atoms with van der Waals surface area (Å²) >= 11 is 0. The minimum atomic E-state index is -0.494. The van der Waals surface area contributed by atoms with Crippen LogP contribution in [0.5, 0.6) is 0 Å². The van der Waals surface area contributed by atoms with Gasteiger partial charge in [-0.05, 0) is 41.5 Å². The van der Waals surface area contributed by atoms with E-state index in [1.165, 1.54) is 0 Å². The molecule has 0 saturated carbocycles. The summed E-state index contributed by atoms with van der Waals surface area (Å²) in [5.74, 6) is 0.738. The number of amides is 1. The van der Waals surface area contributed by atoms with E-state index < -0.39 is 5.60 Å². The summed E-state index contributed by atoms with van der Waals surface area (Å²) in [5, 5.41) is 7.45. The second-order valence-corrected chi connectivity index (χ2v) is 7.31. The van der Waals surface area contributed by atoms with Crippen molar-refractivity contribution in [2.45, 2.75) is 59.2 Å². The van der Waals surface area contributed by atoms with Gasteiger partial charge in [0.1, 0.15) is 11.9 Å². The first kappa shape index (κ1) is 18.4. The van der Waals surface area contributed by atoms with Crippen LogP contribution in [0.2, 0.25) is 0 Å². The van der Waals surface area contributed by atoms with Crippen molar-refractivity contribution in [3.8, 4) is 0 Å². The molecule has 7 nitrogen and oxygen atoms in total. The van der Waals surface area contributed by atoms with Gasteiger partial charge in [0.15, 0.2) is 5.82 Å². The van der Waals surface area contributed by atoms with E-state index in [1.807, 2.05) is 48.6 Å². The van der Waals surface area contributed by atoms with Gasteiger partial charge in [-0.1, -0.05) is 0 Å². The van der Waals surface area contributed by atoms with Gasteiger partial charge in [-0.15, -0.1) is 0 Å². The number of carbonyl (C=O) groups is 1. The molecule has 0 spiro atoms. The Labute approximate surface area is 133 Å². The van der Waals surface area contributed by atoms with E-state index in [2.05, 4.69) is 15.4 Å². The Morgan fingerprint density at radius 3 is 2.41 bits per heavy atom. The van der Waals surface area contributed by atoms with Crippen LogP contribution in [0.1, 0.15) is 47.4 Å². The molecular formula is C15H29N5O2. The number of aryl methyl sites for hydroxylation is 1. The number of ether oxygens (including phenoxy) is 1. The molecule has 0 unspecified atom stereocenters. The molecule has 0 aliphatic rings. The molecule has 0 atom stereocenters.